The molecule has 0 atom stereocenters. The van der Waals surface area contributed by atoms with Crippen LogP contribution in [0.3, 0.4) is 0 Å². The van der Waals surface area contributed by atoms with Crippen molar-refractivity contribution in [3.8, 4) is 0 Å². The molecule has 1 aliphatic carbocycles. The molecule has 0 spiro atoms. The highest BCUT2D eigenvalue weighted by molar-refractivity contribution is 5.68. The van der Waals surface area contributed by atoms with Crippen LogP contribution in [0.1, 0.15) is 49.7 Å². The van der Waals surface area contributed by atoms with Crippen molar-refractivity contribution in [3.05, 3.63) is 29.3 Å². The Bertz CT molecular complexity index is 436. The molecule has 0 bridgehead atoms. The largest absolute Gasteiger partial charge is 0.481 e. The maximum absolute atomic E-state index is 10.7. The Morgan fingerprint density at radius 2 is 2.05 bits per heavy atom. The summed E-state index contributed by atoms with van der Waals surface area (Å²) in [4.78, 5) is 10.7. The summed E-state index contributed by atoms with van der Waals surface area (Å²) < 4.78 is 0. The molecule has 2 N–H and O–H groups in total. The maximum atomic E-state index is 10.7. The second-order valence-electron chi connectivity index (χ2n) is 5.53. The fourth-order valence-electron chi connectivity index (χ4n) is 2.78. The second kappa shape index (κ2) is 6.60. The van der Waals surface area contributed by atoms with E-state index in [1.54, 1.807) is 0 Å². The lowest BCUT2D eigenvalue weighted by Crippen LogP contribution is -2.23. The van der Waals surface area contributed by atoms with Gasteiger partial charge in [-0.1, -0.05) is 37.0 Å². The van der Waals surface area contributed by atoms with E-state index < -0.39 is 5.97 Å². The van der Waals surface area contributed by atoms with Gasteiger partial charge in [-0.05, 0) is 37.8 Å². The summed E-state index contributed by atoms with van der Waals surface area (Å²) in [6.45, 7) is 2.05. The second-order valence-corrected chi connectivity index (χ2v) is 5.53. The van der Waals surface area contributed by atoms with Gasteiger partial charge in [-0.15, -0.1) is 0 Å². The molecule has 0 heterocycles. The van der Waals surface area contributed by atoms with Crippen LogP contribution in [0.2, 0.25) is 0 Å². The molecular weight excluding hydrogens is 238 g/mol. The molecule has 104 valence electrons. The molecule has 1 aromatic carbocycles. The molecule has 3 heteroatoms. The number of rotatable bonds is 5. The molecule has 1 saturated carbocycles. The Labute approximate surface area is 115 Å². The van der Waals surface area contributed by atoms with Gasteiger partial charge in [-0.2, -0.15) is 0 Å². The lowest BCUT2D eigenvalue weighted by Gasteiger charge is -2.25. The third-order valence-electron chi connectivity index (χ3n) is 3.83. The van der Waals surface area contributed by atoms with Gasteiger partial charge >= 0.3 is 5.97 Å². The number of nitrogens with one attached hydrogen (secondary N) is 1. The first kappa shape index (κ1) is 13.9. The van der Waals surface area contributed by atoms with Gasteiger partial charge in [0.1, 0.15) is 0 Å². The van der Waals surface area contributed by atoms with Crippen molar-refractivity contribution in [2.45, 2.75) is 57.9 Å². The van der Waals surface area contributed by atoms with Crippen molar-refractivity contribution in [2.75, 3.05) is 5.32 Å². The van der Waals surface area contributed by atoms with Crippen LogP contribution < -0.4 is 5.32 Å². The van der Waals surface area contributed by atoms with Crippen LogP contribution in [0.15, 0.2) is 18.2 Å². The molecule has 0 amide bonds. The summed E-state index contributed by atoms with van der Waals surface area (Å²) >= 11 is 0. The van der Waals surface area contributed by atoms with Gasteiger partial charge in [0, 0.05) is 18.2 Å². The van der Waals surface area contributed by atoms with E-state index in [9.17, 15) is 4.79 Å². The Morgan fingerprint density at radius 3 is 2.74 bits per heavy atom. The predicted molar refractivity (Wildman–Crippen MR) is 77.6 cm³/mol. The highest BCUT2D eigenvalue weighted by atomic mass is 16.4. The maximum Gasteiger partial charge on any atom is 0.303 e. The molecular formula is C16H23NO2. The molecule has 0 unspecified atom stereocenters. The molecule has 1 aromatic rings. The number of carbonyl (C=O) groups is 1. The van der Waals surface area contributed by atoms with E-state index in [1.165, 1.54) is 37.7 Å². The van der Waals surface area contributed by atoms with Gasteiger partial charge in [-0.3, -0.25) is 4.79 Å². The molecule has 0 aliphatic heterocycles. The van der Waals surface area contributed by atoms with E-state index >= 15 is 0 Å². The van der Waals surface area contributed by atoms with Crippen LogP contribution in [-0.4, -0.2) is 17.1 Å². The monoisotopic (exact) mass is 261 g/mol. The van der Waals surface area contributed by atoms with E-state index in [-0.39, 0.29) is 6.42 Å². The summed E-state index contributed by atoms with van der Waals surface area (Å²) in [5.41, 5.74) is 3.45. The third-order valence-corrected chi connectivity index (χ3v) is 3.83. The smallest absolute Gasteiger partial charge is 0.303 e. The minimum Gasteiger partial charge on any atom is -0.481 e. The van der Waals surface area contributed by atoms with Crippen LogP contribution >= 0.6 is 0 Å². The highest BCUT2D eigenvalue weighted by Crippen LogP contribution is 2.25. The first-order valence-corrected chi connectivity index (χ1v) is 7.23. The number of benzene rings is 1. The van der Waals surface area contributed by atoms with Crippen LogP contribution in [-0.2, 0) is 11.2 Å². The van der Waals surface area contributed by atoms with E-state index in [0.29, 0.717) is 12.5 Å². The van der Waals surface area contributed by atoms with E-state index in [1.807, 2.05) is 0 Å². The number of aryl methyl sites for hydroxylation is 2. The zero-order chi connectivity index (χ0) is 13.7. The summed E-state index contributed by atoms with van der Waals surface area (Å²) in [6.07, 6.45) is 7.20. The Hall–Kier alpha value is -1.51. The van der Waals surface area contributed by atoms with Crippen molar-refractivity contribution < 1.29 is 9.90 Å². The van der Waals surface area contributed by atoms with Gasteiger partial charge in [0.25, 0.3) is 0 Å². The summed E-state index contributed by atoms with van der Waals surface area (Å²) in [7, 11) is 0. The summed E-state index contributed by atoms with van der Waals surface area (Å²) in [5.74, 6) is -0.731. The first-order valence-electron chi connectivity index (χ1n) is 7.23. The molecule has 0 radical (unpaired) electrons. The van der Waals surface area contributed by atoms with Gasteiger partial charge in [0.2, 0.25) is 0 Å². The van der Waals surface area contributed by atoms with Crippen molar-refractivity contribution in [3.63, 3.8) is 0 Å². The van der Waals surface area contributed by atoms with E-state index in [2.05, 4.69) is 30.4 Å². The molecule has 0 saturated heterocycles. The van der Waals surface area contributed by atoms with Crippen molar-refractivity contribution in [2.24, 2.45) is 0 Å². The van der Waals surface area contributed by atoms with Gasteiger partial charge in [0.05, 0.1) is 0 Å². The van der Waals surface area contributed by atoms with E-state index in [4.69, 9.17) is 5.11 Å². The van der Waals surface area contributed by atoms with Crippen LogP contribution in [0.25, 0.3) is 0 Å². The minimum absolute atomic E-state index is 0.197. The normalized spacial score (nSPS) is 16.3. The number of hydrogen-bond donors (Lipinski definition) is 2. The lowest BCUT2D eigenvalue weighted by molar-refractivity contribution is -0.136. The number of aliphatic carboxylic acids is 1. The van der Waals surface area contributed by atoms with Crippen LogP contribution in [0, 0.1) is 6.92 Å². The number of anilines is 1. The zero-order valence-electron chi connectivity index (χ0n) is 11.6. The average molecular weight is 261 g/mol. The molecule has 1 aliphatic rings. The molecule has 19 heavy (non-hydrogen) atoms. The Balaban J connectivity index is 2.06. The summed E-state index contributed by atoms with van der Waals surface area (Å²) in [6, 6.07) is 6.85. The molecule has 2 rings (SSSR count). The van der Waals surface area contributed by atoms with Gasteiger partial charge in [0.15, 0.2) is 0 Å². The average Bonchev–Trinajstić information content (AvgIpc) is 2.40. The third kappa shape index (κ3) is 4.27. The standard InChI is InChI=1S/C16H23NO2/c1-12-7-9-15(13(11-12)8-10-16(18)19)17-14-5-3-2-4-6-14/h7,9,11,14,17H,2-6,8,10H2,1H3,(H,18,19). The van der Waals surface area contributed by atoms with Gasteiger partial charge < -0.3 is 10.4 Å². The van der Waals surface area contributed by atoms with Gasteiger partial charge in [-0.25, -0.2) is 0 Å². The quantitative estimate of drug-likeness (QED) is 0.848. The highest BCUT2D eigenvalue weighted by Gasteiger charge is 2.14. The SMILES string of the molecule is Cc1ccc(NC2CCCCC2)c(CCC(=O)O)c1. The molecule has 1 fully saturated rings. The molecule has 3 nitrogen and oxygen atoms in total. The number of carboxylic acids is 1. The number of hydrogen-bond acceptors (Lipinski definition) is 2. The number of carboxylic acid groups (broad SMARTS) is 1. The minimum atomic E-state index is -0.731. The van der Waals surface area contributed by atoms with Crippen molar-refractivity contribution in [1.29, 1.82) is 0 Å². The fourth-order valence-corrected chi connectivity index (χ4v) is 2.78. The van der Waals surface area contributed by atoms with Crippen molar-refractivity contribution in [1.82, 2.24) is 0 Å². The van der Waals surface area contributed by atoms with Crippen molar-refractivity contribution >= 4 is 11.7 Å². The topological polar surface area (TPSA) is 49.3 Å². The Morgan fingerprint density at radius 1 is 1.32 bits per heavy atom. The zero-order valence-corrected chi connectivity index (χ0v) is 11.6. The van der Waals surface area contributed by atoms with E-state index in [0.717, 1.165) is 11.3 Å². The van der Waals surface area contributed by atoms with Crippen LogP contribution in [0.4, 0.5) is 5.69 Å². The van der Waals surface area contributed by atoms with Crippen LogP contribution in [0.5, 0.6) is 0 Å². The summed E-state index contributed by atoms with van der Waals surface area (Å²) in [5, 5.41) is 12.4. The fraction of sp³-hybridized carbons (Fsp3) is 0.562. The Kier molecular flexibility index (Phi) is 4.83. The first-order chi connectivity index (χ1) is 9.15. The lowest BCUT2D eigenvalue weighted by atomic mass is 9.94. The predicted octanol–water partition coefficient (Wildman–Crippen LogP) is 3.76. The molecule has 0 aromatic heterocycles.